The monoisotopic (exact) mass is 354 g/mol. The highest BCUT2D eigenvalue weighted by Gasteiger charge is 2.08. The number of rotatable bonds is 3. The van der Waals surface area contributed by atoms with Crippen LogP contribution in [0.15, 0.2) is 60.9 Å². The van der Waals surface area contributed by atoms with Gasteiger partial charge in [0.25, 0.3) is 0 Å². The zero-order valence-electron chi connectivity index (χ0n) is 15.1. The van der Waals surface area contributed by atoms with Gasteiger partial charge in [-0.2, -0.15) is 5.10 Å². The van der Waals surface area contributed by atoms with Gasteiger partial charge in [0.05, 0.1) is 11.7 Å². The van der Waals surface area contributed by atoms with E-state index in [1.54, 1.807) is 6.20 Å². The van der Waals surface area contributed by atoms with Gasteiger partial charge in [-0.1, -0.05) is 12.1 Å². The summed E-state index contributed by atoms with van der Waals surface area (Å²) in [5.41, 5.74) is 5.38. The molecule has 0 bridgehead atoms. The molecule has 0 aliphatic carbocycles. The molecule has 2 N–H and O–H groups in total. The normalized spacial score (nSPS) is 11.3. The number of fused-ring (bicyclic) bond motifs is 2. The lowest BCUT2D eigenvalue weighted by Crippen LogP contribution is -1.97. The summed E-state index contributed by atoms with van der Waals surface area (Å²) in [7, 11) is 2.08. The molecule has 0 saturated heterocycles. The minimum absolute atomic E-state index is 0.699. The second kappa shape index (κ2) is 5.95. The number of aryl methyl sites for hydroxylation is 2. The lowest BCUT2D eigenvalue weighted by molar-refractivity contribution is 0.918. The van der Waals surface area contributed by atoms with Crippen LogP contribution >= 0.6 is 0 Å². The number of benzene rings is 2. The van der Waals surface area contributed by atoms with E-state index in [9.17, 15) is 0 Å². The van der Waals surface area contributed by atoms with Crippen LogP contribution in [0.5, 0.6) is 0 Å². The smallest absolute Gasteiger partial charge is 0.161 e. The molecule has 0 aliphatic rings. The summed E-state index contributed by atoms with van der Waals surface area (Å²) in [6, 6.07) is 16.4. The van der Waals surface area contributed by atoms with E-state index in [1.165, 1.54) is 16.6 Å². The SMILES string of the molecule is Cc1cc2ccc(-c3nccc(Nc4ccc5[nH]ncc5c4)n3)cc2n1C. The molecule has 0 unspecified atom stereocenters. The molecule has 0 atom stereocenters. The Balaban J connectivity index is 1.50. The van der Waals surface area contributed by atoms with Crippen LogP contribution in [0.1, 0.15) is 5.69 Å². The van der Waals surface area contributed by atoms with E-state index in [0.717, 1.165) is 28.0 Å². The number of nitrogens with one attached hydrogen (secondary N) is 2. The van der Waals surface area contributed by atoms with Crippen LogP contribution < -0.4 is 5.32 Å². The number of hydrogen-bond acceptors (Lipinski definition) is 4. The number of hydrogen-bond donors (Lipinski definition) is 2. The molecule has 0 amide bonds. The van der Waals surface area contributed by atoms with Gasteiger partial charge >= 0.3 is 0 Å². The van der Waals surface area contributed by atoms with Crippen molar-refractivity contribution < 1.29 is 0 Å². The molecule has 0 radical (unpaired) electrons. The Morgan fingerprint density at radius 1 is 1.00 bits per heavy atom. The Labute approximate surface area is 155 Å². The van der Waals surface area contributed by atoms with Crippen molar-refractivity contribution >= 4 is 33.3 Å². The fraction of sp³-hybridized carbons (Fsp3) is 0.0952. The molecule has 5 aromatic rings. The van der Waals surface area contributed by atoms with Crippen LogP contribution in [0.25, 0.3) is 33.2 Å². The molecule has 5 rings (SSSR count). The standard InChI is InChI=1S/C21H18N6/c1-13-9-14-3-4-15(11-19(14)27(13)2)21-22-8-7-20(25-21)24-17-5-6-18-16(10-17)12-23-26-18/h3-12H,1-2H3,(H,23,26)(H,22,24,25). The number of aromatic amines is 1. The first-order chi connectivity index (χ1) is 13.2. The van der Waals surface area contributed by atoms with Crippen LogP contribution in [0.3, 0.4) is 0 Å². The highest BCUT2D eigenvalue weighted by atomic mass is 15.1. The quantitative estimate of drug-likeness (QED) is 0.498. The van der Waals surface area contributed by atoms with E-state index in [1.807, 2.05) is 30.5 Å². The maximum atomic E-state index is 4.69. The van der Waals surface area contributed by atoms with Gasteiger partial charge in [-0.3, -0.25) is 5.10 Å². The fourth-order valence-electron chi connectivity index (χ4n) is 3.34. The van der Waals surface area contributed by atoms with E-state index in [0.29, 0.717) is 5.82 Å². The van der Waals surface area contributed by atoms with Crippen molar-refractivity contribution in [2.75, 3.05) is 5.32 Å². The van der Waals surface area contributed by atoms with Crippen molar-refractivity contribution in [3.8, 4) is 11.4 Å². The molecule has 0 aliphatic heterocycles. The molecule has 0 spiro atoms. The van der Waals surface area contributed by atoms with Crippen LogP contribution in [0.2, 0.25) is 0 Å². The van der Waals surface area contributed by atoms with Crippen molar-refractivity contribution in [2.45, 2.75) is 6.92 Å². The van der Waals surface area contributed by atoms with E-state index >= 15 is 0 Å². The summed E-state index contributed by atoms with van der Waals surface area (Å²) < 4.78 is 2.18. The predicted octanol–water partition coefficient (Wildman–Crippen LogP) is 4.56. The van der Waals surface area contributed by atoms with Gasteiger partial charge < -0.3 is 9.88 Å². The zero-order chi connectivity index (χ0) is 18.4. The Kier molecular flexibility index (Phi) is 3.43. The molecule has 27 heavy (non-hydrogen) atoms. The number of nitrogens with zero attached hydrogens (tertiary/aromatic N) is 4. The summed E-state index contributed by atoms with van der Waals surface area (Å²) in [5, 5.41) is 12.6. The molecule has 6 nitrogen and oxygen atoms in total. The average molecular weight is 354 g/mol. The topological polar surface area (TPSA) is 71.4 Å². The van der Waals surface area contributed by atoms with Gasteiger partial charge in [0.15, 0.2) is 5.82 Å². The number of H-pyrrole nitrogens is 1. The Morgan fingerprint density at radius 3 is 2.85 bits per heavy atom. The summed E-state index contributed by atoms with van der Waals surface area (Å²) in [6.45, 7) is 2.11. The third kappa shape index (κ3) is 2.71. The van der Waals surface area contributed by atoms with Gasteiger partial charge in [0.2, 0.25) is 0 Å². The first kappa shape index (κ1) is 15.6. The summed E-state index contributed by atoms with van der Waals surface area (Å²) in [4.78, 5) is 9.16. The fourth-order valence-corrected chi connectivity index (χ4v) is 3.34. The molecule has 3 heterocycles. The number of aromatic nitrogens is 5. The Hall–Kier alpha value is -3.67. The molecule has 132 valence electrons. The lowest BCUT2D eigenvalue weighted by atomic mass is 10.1. The van der Waals surface area contributed by atoms with Gasteiger partial charge in [0, 0.05) is 41.1 Å². The molecule has 3 aromatic heterocycles. The maximum Gasteiger partial charge on any atom is 0.161 e. The molecule has 0 saturated carbocycles. The van der Waals surface area contributed by atoms with Crippen LogP contribution in [-0.4, -0.2) is 24.7 Å². The number of anilines is 2. The van der Waals surface area contributed by atoms with Crippen LogP contribution in [0.4, 0.5) is 11.5 Å². The average Bonchev–Trinajstić information content (AvgIpc) is 3.26. The molecular weight excluding hydrogens is 336 g/mol. The van der Waals surface area contributed by atoms with Crippen molar-refractivity contribution in [3.63, 3.8) is 0 Å². The highest BCUT2D eigenvalue weighted by Crippen LogP contribution is 2.26. The molecule has 0 fully saturated rings. The van der Waals surface area contributed by atoms with Crippen molar-refractivity contribution in [1.29, 1.82) is 0 Å². The Bertz CT molecular complexity index is 1280. The second-order valence-electron chi connectivity index (χ2n) is 6.68. The Morgan fingerprint density at radius 2 is 1.93 bits per heavy atom. The molecule has 2 aromatic carbocycles. The summed E-state index contributed by atoms with van der Waals surface area (Å²) in [6.07, 6.45) is 3.59. The zero-order valence-corrected chi connectivity index (χ0v) is 15.1. The van der Waals surface area contributed by atoms with E-state index in [2.05, 4.69) is 63.3 Å². The van der Waals surface area contributed by atoms with Crippen LogP contribution in [0, 0.1) is 6.92 Å². The minimum atomic E-state index is 0.699. The first-order valence-corrected chi connectivity index (χ1v) is 8.77. The van der Waals surface area contributed by atoms with Gasteiger partial charge in [-0.15, -0.1) is 0 Å². The predicted molar refractivity (Wildman–Crippen MR) is 108 cm³/mol. The van der Waals surface area contributed by atoms with Crippen molar-refractivity contribution in [1.82, 2.24) is 24.7 Å². The van der Waals surface area contributed by atoms with E-state index in [4.69, 9.17) is 4.98 Å². The molecule has 6 heteroatoms. The second-order valence-corrected chi connectivity index (χ2v) is 6.68. The van der Waals surface area contributed by atoms with Crippen LogP contribution in [-0.2, 0) is 7.05 Å². The van der Waals surface area contributed by atoms with Gasteiger partial charge in [-0.25, -0.2) is 9.97 Å². The summed E-state index contributed by atoms with van der Waals surface area (Å²) >= 11 is 0. The molecular formula is C21H18N6. The maximum absolute atomic E-state index is 4.69. The van der Waals surface area contributed by atoms with Gasteiger partial charge in [0.1, 0.15) is 5.82 Å². The third-order valence-electron chi connectivity index (χ3n) is 4.91. The minimum Gasteiger partial charge on any atom is -0.348 e. The van der Waals surface area contributed by atoms with E-state index < -0.39 is 0 Å². The van der Waals surface area contributed by atoms with Crippen molar-refractivity contribution in [3.05, 3.63) is 66.6 Å². The summed E-state index contributed by atoms with van der Waals surface area (Å²) in [5.74, 6) is 1.45. The third-order valence-corrected chi connectivity index (χ3v) is 4.91. The van der Waals surface area contributed by atoms with Crippen molar-refractivity contribution in [2.24, 2.45) is 7.05 Å². The largest absolute Gasteiger partial charge is 0.348 e. The van der Waals surface area contributed by atoms with Gasteiger partial charge in [-0.05, 0) is 48.7 Å². The first-order valence-electron chi connectivity index (χ1n) is 8.77. The lowest BCUT2D eigenvalue weighted by Gasteiger charge is -2.08. The highest BCUT2D eigenvalue weighted by molar-refractivity contribution is 5.86. The van der Waals surface area contributed by atoms with E-state index in [-0.39, 0.29) is 0 Å².